The highest BCUT2D eigenvalue weighted by Crippen LogP contribution is 2.23. The number of rotatable bonds is 4. The molecule has 0 radical (unpaired) electrons. The second-order valence-electron chi connectivity index (χ2n) is 4.29. The number of nitrogens with one attached hydrogen (secondary N) is 2. The minimum absolute atomic E-state index is 0.0109. The van der Waals surface area contributed by atoms with Crippen molar-refractivity contribution in [2.75, 3.05) is 0 Å². The van der Waals surface area contributed by atoms with Crippen molar-refractivity contribution < 1.29 is 9.50 Å². The van der Waals surface area contributed by atoms with Crippen LogP contribution in [0.5, 0.6) is 5.75 Å². The molecule has 0 fully saturated rings. The Morgan fingerprint density at radius 2 is 2.11 bits per heavy atom. The van der Waals surface area contributed by atoms with Crippen LogP contribution in [-0.2, 0) is 0 Å². The van der Waals surface area contributed by atoms with E-state index in [1.165, 1.54) is 6.07 Å². The number of benzene rings is 1. The third kappa shape index (κ3) is 2.68. The molecule has 0 amide bonds. The Bertz CT molecular complexity index is 513. The van der Waals surface area contributed by atoms with E-state index in [0.717, 1.165) is 11.9 Å². The van der Waals surface area contributed by atoms with Crippen LogP contribution in [0.2, 0.25) is 0 Å². The quantitative estimate of drug-likeness (QED) is 0.780. The molecule has 96 valence electrons. The first kappa shape index (κ1) is 12.6. The number of aromatic nitrogens is 2. The van der Waals surface area contributed by atoms with Gasteiger partial charge in [0.1, 0.15) is 17.4 Å². The number of halogens is 1. The van der Waals surface area contributed by atoms with Gasteiger partial charge in [-0.2, -0.15) is 0 Å². The third-order valence-corrected chi connectivity index (χ3v) is 2.88. The highest BCUT2D eigenvalue weighted by Gasteiger charge is 2.15. The van der Waals surface area contributed by atoms with Crippen LogP contribution in [0.15, 0.2) is 30.6 Å². The summed E-state index contributed by atoms with van der Waals surface area (Å²) in [5, 5.41) is 12.4. The summed E-state index contributed by atoms with van der Waals surface area (Å²) >= 11 is 0. The molecule has 3 N–H and O–H groups in total. The second-order valence-corrected chi connectivity index (χ2v) is 4.29. The van der Waals surface area contributed by atoms with Gasteiger partial charge in [-0.05, 0) is 19.9 Å². The van der Waals surface area contributed by atoms with E-state index in [9.17, 15) is 9.50 Å². The van der Waals surface area contributed by atoms with Gasteiger partial charge < -0.3 is 15.4 Å². The number of aromatic hydroxyl groups is 1. The second kappa shape index (κ2) is 5.18. The molecule has 0 spiro atoms. The fourth-order valence-electron chi connectivity index (χ4n) is 1.93. The van der Waals surface area contributed by atoms with Crippen LogP contribution < -0.4 is 5.32 Å². The molecule has 4 nitrogen and oxygen atoms in total. The van der Waals surface area contributed by atoms with Gasteiger partial charge in [0.25, 0.3) is 0 Å². The number of H-pyrrole nitrogens is 1. The number of nitrogens with zero attached hydrogens (tertiary/aromatic N) is 1. The Morgan fingerprint density at radius 1 is 1.33 bits per heavy atom. The maximum absolute atomic E-state index is 13.7. The normalized spacial score (nSPS) is 14.4. The molecule has 0 aliphatic carbocycles. The van der Waals surface area contributed by atoms with Crippen molar-refractivity contribution in [1.82, 2.24) is 15.3 Å². The Labute approximate surface area is 105 Å². The number of phenolic OH excluding ortho intramolecular Hbond substituents is 1. The summed E-state index contributed by atoms with van der Waals surface area (Å²) in [4.78, 5) is 7.16. The first-order chi connectivity index (χ1) is 8.58. The predicted octanol–water partition coefficient (Wildman–Crippen LogP) is 2.67. The largest absolute Gasteiger partial charge is 0.508 e. The Hall–Kier alpha value is -1.88. The average Bonchev–Trinajstić information content (AvgIpc) is 2.81. The van der Waals surface area contributed by atoms with Gasteiger partial charge in [0.2, 0.25) is 0 Å². The van der Waals surface area contributed by atoms with E-state index >= 15 is 0 Å². The smallest absolute Gasteiger partial charge is 0.131 e. The van der Waals surface area contributed by atoms with Crippen molar-refractivity contribution in [1.29, 1.82) is 0 Å². The summed E-state index contributed by atoms with van der Waals surface area (Å²) in [5.41, 5.74) is 0.520. The lowest BCUT2D eigenvalue weighted by Gasteiger charge is -2.19. The van der Waals surface area contributed by atoms with Crippen molar-refractivity contribution in [2.24, 2.45) is 0 Å². The highest BCUT2D eigenvalue weighted by atomic mass is 19.1. The monoisotopic (exact) mass is 249 g/mol. The highest BCUT2D eigenvalue weighted by molar-refractivity contribution is 5.29. The van der Waals surface area contributed by atoms with E-state index in [1.807, 2.05) is 13.8 Å². The van der Waals surface area contributed by atoms with E-state index < -0.39 is 5.82 Å². The van der Waals surface area contributed by atoms with Crippen LogP contribution in [0.1, 0.15) is 37.3 Å². The fraction of sp³-hybridized carbons (Fsp3) is 0.308. The standard InChI is InChI=1S/C13H16FN3O/c1-8(11-4-3-10(18)7-12(11)14)17-9(2)13-15-5-6-16-13/h3-9,17-18H,1-2H3,(H,15,16). The molecular formula is C13H16FN3O. The lowest BCUT2D eigenvalue weighted by molar-refractivity contribution is 0.449. The van der Waals surface area contributed by atoms with Gasteiger partial charge in [-0.25, -0.2) is 9.37 Å². The zero-order valence-electron chi connectivity index (χ0n) is 10.3. The molecule has 0 bridgehead atoms. The zero-order chi connectivity index (χ0) is 13.1. The topological polar surface area (TPSA) is 60.9 Å². The van der Waals surface area contributed by atoms with E-state index in [2.05, 4.69) is 15.3 Å². The number of phenols is 1. The average molecular weight is 249 g/mol. The van der Waals surface area contributed by atoms with Gasteiger partial charge in [0, 0.05) is 30.1 Å². The van der Waals surface area contributed by atoms with Crippen LogP contribution in [0, 0.1) is 5.82 Å². The van der Waals surface area contributed by atoms with Crippen LogP contribution in [-0.4, -0.2) is 15.1 Å². The summed E-state index contributed by atoms with van der Waals surface area (Å²) in [6.45, 7) is 3.82. The van der Waals surface area contributed by atoms with Crippen molar-refractivity contribution >= 4 is 0 Å². The SMILES string of the molecule is CC(NC(C)c1ccc(O)cc1F)c1ncc[nH]1. The first-order valence-corrected chi connectivity index (χ1v) is 5.81. The van der Waals surface area contributed by atoms with Crippen molar-refractivity contribution in [2.45, 2.75) is 25.9 Å². The number of hydrogen-bond donors (Lipinski definition) is 3. The Balaban J connectivity index is 2.10. The molecule has 1 heterocycles. The number of hydrogen-bond acceptors (Lipinski definition) is 3. The van der Waals surface area contributed by atoms with Crippen LogP contribution in [0.4, 0.5) is 4.39 Å². The molecule has 2 unspecified atom stereocenters. The van der Waals surface area contributed by atoms with Gasteiger partial charge in [0.15, 0.2) is 0 Å². The molecule has 1 aromatic heterocycles. The summed E-state index contributed by atoms with van der Waals surface area (Å²) in [6.07, 6.45) is 3.43. The van der Waals surface area contributed by atoms with E-state index in [-0.39, 0.29) is 17.8 Å². The van der Waals surface area contributed by atoms with Crippen molar-refractivity contribution in [3.8, 4) is 5.75 Å². The molecule has 18 heavy (non-hydrogen) atoms. The van der Waals surface area contributed by atoms with Gasteiger partial charge in [-0.3, -0.25) is 0 Å². The summed E-state index contributed by atoms with van der Waals surface area (Å²) in [6, 6.07) is 3.99. The summed E-state index contributed by atoms with van der Waals surface area (Å²) < 4.78 is 13.7. The first-order valence-electron chi connectivity index (χ1n) is 5.81. The van der Waals surface area contributed by atoms with E-state index in [0.29, 0.717) is 5.56 Å². The number of aromatic amines is 1. The number of imidazole rings is 1. The molecule has 0 saturated heterocycles. The maximum Gasteiger partial charge on any atom is 0.131 e. The molecule has 0 aliphatic rings. The lowest BCUT2D eigenvalue weighted by Crippen LogP contribution is -2.24. The van der Waals surface area contributed by atoms with Gasteiger partial charge in [0.05, 0.1) is 6.04 Å². The molecule has 0 aliphatic heterocycles. The zero-order valence-corrected chi connectivity index (χ0v) is 10.3. The Kier molecular flexibility index (Phi) is 3.62. The van der Waals surface area contributed by atoms with Gasteiger partial charge in [-0.1, -0.05) is 6.07 Å². The van der Waals surface area contributed by atoms with Crippen molar-refractivity contribution in [3.63, 3.8) is 0 Å². The molecule has 1 aromatic carbocycles. The molecule has 2 rings (SSSR count). The van der Waals surface area contributed by atoms with Crippen molar-refractivity contribution in [3.05, 3.63) is 47.8 Å². The predicted molar refractivity (Wildman–Crippen MR) is 66.6 cm³/mol. The van der Waals surface area contributed by atoms with Gasteiger partial charge in [-0.15, -0.1) is 0 Å². The van der Waals surface area contributed by atoms with Crippen LogP contribution in [0.3, 0.4) is 0 Å². The minimum atomic E-state index is -0.415. The van der Waals surface area contributed by atoms with Gasteiger partial charge >= 0.3 is 0 Å². The summed E-state index contributed by atoms with van der Waals surface area (Å²) in [5.74, 6) is 0.324. The molecule has 2 aromatic rings. The molecular weight excluding hydrogens is 233 g/mol. The minimum Gasteiger partial charge on any atom is -0.508 e. The molecule has 5 heteroatoms. The summed E-state index contributed by atoms with van der Waals surface area (Å²) in [7, 11) is 0. The lowest BCUT2D eigenvalue weighted by atomic mass is 10.1. The van der Waals surface area contributed by atoms with E-state index in [4.69, 9.17) is 0 Å². The van der Waals surface area contributed by atoms with Crippen LogP contribution >= 0.6 is 0 Å². The molecule has 2 atom stereocenters. The fourth-order valence-corrected chi connectivity index (χ4v) is 1.93. The Morgan fingerprint density at radius 3 is 2.72 bits per heavy atom. The maximum atomic E-state index is 13.7. The van der Waals surface area contributed by atoms with E-state index in [1.54, 1.807) is 18.5 Å². The van der Waals surface area contributed by atoms with Crippen LogP contribution in [0.25, 0.3) is 0 Å². The molecule has 0 saturated carbocycles. The third-order valence-electron chi connectivity index (χ3n) is 2.88.